The third-order valence-electron chi connectivity index (χ3n) is 4.38. The smallest absolute Gasteiger partial charge is 0.229 e. The highest BCUT2D eigenvalue weighted by Crippen LogP contribution is 2.35. The van der Waals surface area contributed by atoms with E-state index in [1.165, 1.54) is 6.33 Å². The first-order valence-corrected chi connectivity index (χ1v) is 9.18. The molecule has 0 aliphatic carbocycles. The molecule has 1 aliphatic rings. The zero-order valence-electron chi connectivity index (χ0n) is 14.6. The van der Waals surface area contributed by atoms with Crippen molar-refractivity contribution in [2.75, 3.05) is 12.4 Å². The summed E-state index contributed by atoms with van der Waals surface area (Å²) < 4.78 is 14.2. The molecule has 7 nitrogen and oxygen atoms in total. The van der Waals surface area contributed by atoms with Crippen LogP contribution in [0.25, 0.3) is 0 Å². The molecule has 1 N–H and O–H groups in total. The number of carbonyl (C=O) groups excluding carboxylic acids is 1. The normalized spacial score (nSPS) is 15.8. The summed E-state index contributed by atoms with van der Waals surface area (Å²) in [6.07, 6.45) is 1.72. The number of nitrogens with one attached hydrogen (secondary N) is 1. The SMILES string of the molecule is COc1cc(C2CC(=O)Nc3ncnn32)ccc1OCc1ccc(Br)cc1. The van der Waals surface area contributed by atoms with Crippen LogP contribution in [0.1, 0.15) is 23.6 Å². The lowest BCUT2D eigenvalue weighted by Gasteiger charge is -2.24. The Morgan fingerprint density at radius 2 is 2.04 bits per heavy atom. The Morgan fingerprint density at radius 1 is 1.22 bits per heavy atom. The van der Waals surface area contributed by atoms with Crippen LogP contribution in [0, 0.1) is 0 Å². The van der Waals surface area contributed by atoms with Crippen molar-refractivity contribution in [3.05, 3.63) is 64.4 Å². The van der Waals surface area contributed by atoms with E-state index in [1.807, 2.05) is 42.5 Å². The summed E-state index contributed by atoms with van der Waals surface area (Å²) in [5.41, 5.74) is 1.96. The van der Waals surface area contributed by atoms with Crippen molar-refractivity contribution in [2.45, 2.75) is 19.1 Å². The van der Waals surface area contributed by atoms with Gasteiger partial charge >= 0.3 is 0 Å². The molecule has 1 amide bonds. The minimum atomic E-state index is -0.231. The molecular weight excluding hydrogens is 412 g/mol. The van der Waals surface area contributed by atoms with Gasteiger partial charge in [-0.25, -0.2) is 4.68 Å². The van der Waals surface area contributed by atoms with E-state index >= 15 is 0 Å². The molecule has 8 heteroatoms. The van der Waals surface area contributed by atoms with Gasteiger partial charge in [0.05, 0.1) is 19.6 Å². The third kappa shape index (κ3) is 3.66. The minimum Gasteiger partial charge on any atom is -0.493 e. The lowest BCUT2D eigenvalue weighted by Crippen LogP contribution is -2.29. The van der Waals surface area contributed by atoms with Gasteiger partial charge in [0.1, 0.15) is 12.9 Å². The van der Waals surface area contributed by atoms with E-state index in [0.29, 0.717) is 30.5 Å². The van der Waals surface area contributed by atoms with Gasteiger partial charge < -0.3 is 9.47 Å². The molecule has 2 aromatic carbocycles. The number of nitrogens with zero attached hydrogens (tertiary/aromatic N) is 3. The zero-order valence-corrected chi connectivity index (χ0v) is 16.1. The van der Waals surface area contributed by atoms with E-state index in [-0.39, 0.29) is 11.9 Å². The van der Waals surface area contributed by atoms with E-state index in [2.05, 4.69) is 31.3 Å². The van der Waals surface area contributed by atoms with Gasteiger partial charge in [0.15, 0.2) is 11.5 Å². The van der Waals surface area contributed by atoms with Crippen LogP contribution in [0.3, 0.4) is 0 Å². The summed E-state index contributed by atoms with van der Waals surface area (Å²) in [7, 11) is 1.60. The fourth-order valence-corrected chi connectivity index (χ4v) is 3.28. The molecule has 27 heavy (non-hydrogen) atoms. The molecule has 1 unspecified atom stereocenters. The number of anilines is 1. The van der Waals surface area contributed by atoms with Crippen molar-refractivity contribution in [1.29, 1.82) is 0 Å². The number of fused-ring (bicyclic) bond motifs is 1. The zero-order chi connectivity index (χ0) is 18.8. The first-order valence-electron chi connectivity index (χ1n) is 8.38. The van der Waals surface area contributed by atoms with Crippen LogP contribution in [0.5, 0.6) is 11.5 Å². The van der Waals surface area contributed by atoms with E-state index in [1.54, 1.807) is 11.8 Å². The van der Waals surface area contributed by atoms with Crippen LogP contribution in [-0.2, 0) is 11.4 Å². The van der Waals surface area contributed by atoms with Crippen molar-refractivity contribution < 1.29 is 14.3 Å². The second-order valence-electron chi connectivity index (χ2n) is 6.12. The van der Waals surface area contributed by atoms with Gasteiger partial charge in [-0.1, -0.05) is 34.1 Å². The number of aromatic nitrogens is 3. The van der Waals surface area contributed by atoms with Gasteiger partial charge in [-0.15, -0.1) is 0 Å². The number of rotatable bonds is 5. The largest absolute Gasteiger partial charge is 0.493 e. The van der Waals surface area contributed by atoms with E-state index in [0.717, 1.165) is 15.6 Å². The molecule has 0 bridgehead atoms. The van der Waals surface area contributed by atoms with Gasteiger partial charge in [-0.05, 0) is 35.4 Å². The van der Waals surface area contributed by atoms with Crippen LogP contribution in [0.2, 0.25) is 0 Å². The molecule has 1 atom stereocenters. The molecule has 3 aromatic rings. The molecule has 0 saturated heterocycles. The maximum atomic E-state index is 12.0. The maximum Gasteiger partial charge on any atom is 0.229 e. The third-order valence-corrected chi connectivity index (χ3v) is 4.91. The molecule has 1 aromatic heterocycles. The molecular formula is C19H17BrN4O3. The molecule has 4 rings (SSSR count). The number of benzene rings is 2. The molecule has 0 fully saturated rings. The van der Waals surface area contributed by atoms with E-state index in [9.17, 15) is 4.79 Å². The molecule has 138 valence electrons. The van der Waals surface area contributed by atoms with Crippen molar-refractivity contribution in [3.63, 3.8) is 0 Å². The Kier molecular flexibility index (Phi) is 4.81. The Hall–Kier alpha value is -2.87. The number of hydrogen-bond donors (Lipinski definition) is 1. The number of halogens is 1. The topological polar surface area (TPSA) is 78.3 Å². The first-order chi connectivity index (χ1) is 13.1. The van der Waals surface area contributed by atoms with Crippen LogP contribution in [-0.4, -0.2) is 27.8 Å². The Bertz CT molecular complexity index is 971. The maximum absolute atomic E-state index is 12.0. The minimum absolute atomic E-state index is 0.0879. The van der Waals surface area contributed by atoms with Crippen molar-refractivity contribution in [1.82, 2.24) is 14.8 Å². The predicted octanol–water partition coefficient (Wildman–Crippen LogP) is 3.56. The highest BCUT2D eigenvalue weighted by molar-refractivity contribution is 9.10. The fraction of sp³-hybridized carbons (Fsp3) is 0.211. The number of ether oxygens (including phenoxy) is 2. The summed E-state index contributed by atoms with van der Waals surface area (Å²) in [6, 6.07) is 13.4. The Labute approximate surface area is 164 Å². The molecule has 0 radical (unpaired) electrons. The average molecular weight is 429 g/mol. The van der Waals surface area contributed by atoms with Crippen LogP contribution in [0.15, 0.2) is 53.3 Å². The molecule has 2 heterocycles. The van der Waals surface area contributed by atoms with Gasteiger partial charge in [0.2, 0.25) is 11.9 Å². The van der Waals surface area contributed by atoms with Crippen LogP contribution >= 0.6 is 15.9 Å². The molecule has 1 aliphatic heterocycles. The monoisotopic (exact) mass is 428 g/mol. The highest BCUT2D eigenvalue weighted by atomic mass is 79.9. The summed E-state index contributed by atoms with van der Waals surface area (Å²) in [5, 5.41) is 6.94. The highest BCUT2D eigenvalue weighted by Gasteiger charge is 2.28. The van der Waals surface area contributed by atoms with Crippen molar-refractivity contribution >= 4 is 27.8 Å². The van der Waals surface area contributed by atoms with Crippen molar-refractivity contribution in [2.24, 2.45) is 0 Å². The predicted molar refractivity (Wildman–Crippen MR) is 103 cm³/mol. The Morgan fingerprint density at radius 3 is 2.81 bits per heavy atom. The van der Waals surface area contributed by atoms with E-state index < -0.39 is 0 Å². The number of amides is 1. The van der Waals surface area contributed by atoms with Gasteiger partial charge in [-0.2, -0.15) is 10.1 Å². The summed E-state index contributed by atoms with van der Waals surface area (Å²) in [5.74, 6) is 1.61. The van der Waals surface area contributed by atoms with Crippen molar-refractivity contribution in [3.8, 4) is 11.5 Å². The van der Waals surface area contributed by atoms with Gasteiger partial charge in [-0.3, -0.25) is 10.1 Å². The van der Waals surface area contributed by atoms with Gasteiger partial charge in [0.25, 0.3) is 0 Å². The second kappa shape index (κ2) is 7.40. The molecule has 0 spiro atoms. The first kappa shape index (κ1) is 17.5. The number of methoxy groups -OCH3 is 1. The number of hydrogen-bond acceptors (Lipinski definition) is 5. The fourth-order valence-electron chi connectivity index (χ4n) is 3.02. The van der Waals surface area contributed by atoms with E-state index in [4.69, 9.17) is 9.47 Å². The van der Waals surface area contributed by atoms with Crippen LogP contribution < -0.4 is 14.8 Å². The second-order valence-corrected chi connectivity index (χ2v) is 7.04. The average Bonchev–Trinajstić information content (AvgIpc) is 3.15. The quantitative estimate of drug-likeness (QED) is 0.671. The standard InChI is InChI=1S/C19H17BrN4O3/c1-26-17-8-13(15-9-18(25)23-19-21-11-22-24(15)19)4-7-16(17)27-10-12-2-5-14(20)6-3-12/h2-8,11,15H,9-10H2,1H3,(H,21,22,23,25). The Balaban J connectivity index is 1.57. The summed E-state index contributed by atoms with van der Waals surface area (Å²) >= 11 is 3.42. The number of carbonyl (C=O) groups is 1. The van der Waals surface area contributed by atoms with Crippen LogP contribution in [0.4, 0.5) is 5.95 Å². The summed E-state index contributed by atoms with van der Waals surface area (Å²) in [6.45, 7) is 0.433. The molecule has 0 saturated carbocycles. The van der Waals surface area contributed by atoms with Gasteiger partial charge in [0, 0.05) is 4.47 Å². The lowest BCUT2D eigenvalue weighted by atomic mass is 10.0. The summed E-state index contributed by atoms with van der Waals surface area (Å²) in [4.78, 5) is 16.0. The lowest BCUT2D eigenvalue weighted by molar-refractivity contribution is -0.117.